The number of carbonyl (C=O) groups is 1. The van der Waals surface area contributed by atoms with E-state index in [4.69, 9.17) is 4.74 Å². The molecule has 0 saturated carbocycles. The summed E-state index contributed by atoms with van der Waals surface area (Å²) in [7, 11) is 1.53. The highest BCUT2D eigenvalue weighted by molar-refractivity contribution is 5.73. The second kappa shape index (κ2) is 7.50. The van der Waals surface area contributed by atoms with Crippen LogP contribution in [-0.4, -0.2) is 26.2 Å². The van der Waals surface area contributed by atoms with Gasteiger partial charge in [0.05, 0.1) is 6.10 Å². The third kappa shape index (κ3) is 4.07. The molecule has 136 valence electrons. The fraction of sp³-hybridized carbons (Fsp3) is 0.529. The summed E-state index contributed by atoms with van der Waals surface area (Å²) in [6.07, 6.45) is 1.68. The van der Waals surface area contributed by atoms with E-state index in [-0.39, 0.29) is 29.7 Å². The van der Waals surface area contributed by atoms with Gasteiger partial charge in [0, 0.05) is 32.3 Å². The zero-order chi connectivity index (χ0) is 18.7. The maximum atomic E-state index is 12.6. The number of rotatable bonds is 6. The molecule has 25 heavy (non-hydrogen) atoms. The number of ether oxygens (including phenoxy) is 1. The fourth-order valence-corrected chi connectivity index (χ4v) is 2.87. The van der Waals surface area contributed by atoms with Gasteiger partial charge in [-0.3, -0.25) is 23.5 Å². The van der Waals surface area contributed by atoms with E-state index in [1.165, 1.54) is 24.6 Å². The number of carbonyl (C=O) groups excluding carboxylic acids is 1. The molecule has 0 aliphatic carbocycles. The lowest BCUT2D eigenvalue weighted by molar-refractivity contribution is -0.145. The molecule has 8 nitrogen and oxygen atoms in total. The molecular formula is C17H23N3O5. The lowest BCUT2D eigenvalue weighted by atomic mass is 10.1. The van der Waals surface area contributed by atoms with E-state index in [1.807, 2.05) is 0 Å². The maximum absolute atomic E-state index is 12.6. The number of hydrogen-bond donors (Lipinski definition) is 1. The first kappa shape index (κ1) is 18.7. The van der Waals surface area contributed by atoms with Crippen molar-refractivity contribution in [2.75, 3.05) is 0 Å². The molecular weight excluding hydrogens is 326 g/mol. The summed E-state index contributed by atoms with van der Waals surface area (Å²) in [6, 6.07) is 1.35. The van der Waals surface area contributed by atoms with Gasteiger partial charge in [-0.2, -0.15) is 0 Å². The number of esters is 1. The van der Waals surface area contributed by atoms with Crippen LogP contribution < -0.4 is 16.7 Å². The van der Waals surface area contributed by atoms with E-state index in [0.717, 1.165) is 4.57 Å². The normalized spacial score (nSPS) is 12.3. The molecule has 0 aromatic carbocycles. The predicted octanol–water partition coefficient (Wildman–Crippen LogP) is 0.819. The smallest absolute Gasteiger partial charge is 0.332 e. The van der Waals surface area contributed by atoms with Gasteiger partial charge in [0.2, 0.25) is 0 Å². The van der Waals surface area contributed by atoms with Crippen LogP contribution in [0, 0.1) is 6.92 Å². The summed E-state index contributed by atoms with van der Waals surface area (Å²) in [5, 5.41) is -0.0130. The Balaban J connectivity index is 2.25. The molecule has 2 rings (SSSR count). The Bertz CT molecular complexity index is 967. The molecule has 1 N–H and O–H groups in total. The van der Waals surface area contributed by atoms with Crippen LogP contribution in [0.2, 0.25) is 0 Å². The van der Waals surface area contributed by atoms with Crippen molar-refractivity contribution in [2.45, 2.75) is 52.7 Å². The molecule has 0 unspecified atom stereocenters. The molecule has 0 bridgehead atoms. The lowest BCUT2D eigenvalue weighted by Crippen LogP contribution is -2.41. The molecule has 0 amide bonds. The minimum atomic E-state index is -0.576. The number of fused-ring (bicyclic) bond motifs is 1. The van der Waals surface area contributed by atoms with Gasteiger partial charge in [-0.15, -0.1) is 0 Å². The highest BCUT2D eigenvalue weighted by Gasteiger charge is 2.14. The van der Waals surface area contributed by atoms with Crippen LogP contribution in [0.15, 0.2) is 20.4 Å². The van der Waals surface area contributed by atoms with Crippen molar-refractivity contribution in [1.82, 2.24) is 14.1 Å². The van der Waals surface area contributed by atoms with Crippen LogP contribution in [-0.2, 0) is 23.1 Å². The average Bonchev–Trinajstić information content (AvgIpc) is 2.50. The predicted molar refractivity (Wildman–Crippen MR) is 93.9 cm³/mol. The van der Waals surface area contributed by atoms with Crippen LogP contribution in [0.5, 0.6) is 0 Å². The summed E-state index contributed by atoms with van der Waals surface area (Å²) >= 11 is 0. The van der Waals surface area contributed by atoms with Crippen LogP contribution in [0.3, 0.4) is 0 Å². The zero-order valence-corrected chi connectivity index (χ0v) is 14.9. The van der Waals surface area contributed by atoms with Gasteiger partial charge in [-0.05, 0) is 33.1 Å². The van der Waals surface area contributed by atoms with E-state index in [0.29, 0.717) is 25.0 Å². The molecule has 0 saturated heterocycles. The van der Waals surface area contributed by atoms with Gasteiger partial charge < -0.3 is 9.72 Å². The highest BCUT2D eigenvalue weighted by Crippen LogP contribution is 2.06. The van der Waals surface area contributed by atoms with Gasteiger partial charge >= 0.3 is 11.7 Å². The van der Waals surface area contributed by atoms with E-state index in [2.05, 4.69) is 4.98 Å². The third-order valence-electron chi connectivity index (χ3n) is 4.07. The van der Waals surface area contributed by atoms with Gasteiger partial charge in [0.1, 0.15) is 11.0 Å². The third-order valence-corrected chi connectivity index (χ3v) is 4.07. The molecule has 1 atom stereocenters. The van der Waals surface area contributed by atoms with Crippen molar-refractivity contribution in [3.05, 3.63) is 42.8 Å². The van der Waals surface area contributed by atoms with Gasteiger partial charge in [-0.25, -0.2) is 4.79 Å². The van der Waals surface area contributed by atoms with Crippen molar-refractivity contribution in [1.29, 1.82) is 0 Å². The Labute approximate surface area is 144 Å². The number of H-pyrrole nitrogens is 1. The number of nitrogens with zero attached hydrogens (tertiary/aromatic N) is 2. The Morgan fingerprint density at radius 3 is 2.60 bits per heavy atom. The summed E-state index contributed by atoms with van der Waals surface area (Å²) in [6.45, 7) is 5.06. The molecule has 2 aromatic rings. The Kier molecular flexibility index (Phi) is 5.61. The standard InChI is InChI=1S/C17H23N3O5/c1-10-9-13(22)14-15(18-10)19(4)17(24)20(16(14)23)8-6-5-7-11(2)25-12(3)21/h9,11H,5-8H2,1-4H3,(H,18,22)/t11-/m1/s1. The molecule has 8 heteroatoms. The Morgan fingerprint density at radius 1 is 1.28 bits per heavy atom. The number of unbranched alkanes of at least 4 members (excludes halogenated alkanes) is 1. The first-order valence-electron chi connectivity index (χ1n) is 8.23. The number of aromatic nitrogens is 3. The topological polar surface area (TPSA) is 103 Å². The number of hydrogen-bond acceptors (Lipinski definition) is 5. The maximum Gasteiger partial charge on any atom is 0.332 e. The fourth-order valence-electron chi connectivity index (χ4n) is 2.87. The molecule has 0 aliphatic heterocycles. The van der Waals surface area contributed by atoms with Crippen molar-refractivity contribution in [3.8, 4) is 0 Å². The SMILES string of the molecule is CC(=O)O[C@H](C)CCCCn1c(=O)c2c(=O)cc(C)[nH]c2n(C)c1=O. The molecule has 0 fully saturated rings. The van der Waals surface area contributed by atoms with E-state index in [1.54, 1.807) is 13.8 Å². The molecule has 0 radical (unpaired) electrons. The van der Waals surface area contributed by atoms with Crippen molar-refractivity contribution < 1.29 is 9.53 Å². The minimum absolute atomic E-state index is 0.0130. The van der Waals surface area contributed by atoms with E-state index in [9.17, 15) is 19.2 Å². The van der Waals surface area contributed by atoms with Crippen molar-refractivity contribution >= 4 is 17.0 Å². The molecule has 2 heterocycles. The molecule has 0 aliphatic rings. The molecule has 0 spiro atoms. The minimum Gasteiger partial charge on any atom is -0.463 e. The second-order valence-electron chi connectivity index (χ2n) is 6.25. The van der Waals surface area contributed by atoms with E-state index >= 15 is 0 Å². The number of nitrogens with one attached hydrogen (secondary N) is 1. The summed E-state index contributed by atoms with van der Waals surface area (Å²) in [4.78, 5) is 50.9. The van der Waals surface area contributed by atoms with Crippen molar-refractivity contribution in [2.24, 2.45) is 7.05 Å². The van der Waals surface area contributed by atoms with Crippen LogP contribution >= 0.6 is 0 Å². The van der Waals surface area contributed by atoms with Crippen LogP contribution in [0.1, 0.15) is 38.8 Å². The number of pyridine rings is 1. The number of aromatic amines is 1. The van der Waals surface area contributed by atoms with Crippen molar-refractivity contribution in [3.63, 3.8) is 0 Å². The summed E-state index contributed by atoms with van der Waals surface area (Å²) < 4.78 is 7.41. The lowest BCUT2D eigenvalue weighted by Gasteiger charge is -2.13. The first-order chi connectivity index (χ1) is 11.7. The van der Waals surface area contributed by atoms with Crippen LogP contribution in [0.25, 0.3) is 11.0 Å². The Hall–Kier alpha value is -2.64. The van der Waals surface area contributed by atoms with Gasteiger partial charge in [0.25, 0.3) is 5.56 Å². The summed E-state index contributed by atoms with van der Waals surface area (Å²) in [5.74, 6) is -0.332. The van der Waals surface area contributed by atoms with Gasteiger partial charge in [0.15, 0.2) is 5.43 Å². The average molecular weight is 349 g/mol. The summed E-state index contributed by atoms with van der Waals surface area (Å²) in [5.41, 5.74) is -0.618. The van der Waals surface area contributed by atoms with Crippen LogP contribution in [0.4, 0.5) is 0 Å². The number of aryl methyl sites for hydroxylation is 2. The molecule has 2 aromatic heterocycles. The Morgan fingerprint density at radius 2 is 1.96 bits per heavy atom. The van der Waals surface area contributed by atoms with E-state index < -0.39 is 16.7 Å². The zero-order valence-electron chi connectivity index (χ0n) is 14.9. The largest absolute Gasteiger partial charge is 0.463 e. The highest BCUT2D eigenvalue weighted by atomic mass is 16.5. The first-order valence-corrected chi connectivity index (χ1v) is 8.23. The quantitative estimate of drug-likeness (QED) is 0.614. The monoisotopic (exact) mass is 349 g/mol. The second-order valence-corrected chi connectivity index (χ2v) is 6.25. The van der Waals surface area contributed by atoms with Gasteiger partial charge in [-0.1, -0.05) is 0 Å².